The van der Waals surface area contributed by atoms with Gasteiger partial charge in [0.2, 0.25) is 0 Å². The Bertz CT molecular complexity index is 396. The summed E-state index contributed by atoms with van der Waals surface area (Å²) in [4.78, 5) is 11.7. The molecule has 0 unspecified atom stereocenters. The molecule has 4 nitrogen and oxygen atoms in total. The maximum atomic E-state index is 11.7. The molecule has 0 saturated carbocycles. The van der Waals surface area contributed by atoms with E-state index < -0.39 is 5.97 Å². The van der Waals surface area contributed by atoms with Crippen LogP contribution in [0.5, 0.6) is 11.5 Å². The van der Waals surface area contributed by atoms with Crippen LogP contribution < -0.4 is 4.74 Å². The summed E-state index contributed by atoms with van der Waals surface area (Å²) in [7, 11) is 0. The molecule has 0 fully saturated rings. The summed E-state index contributed by atoms with van der Waals surface area (Å²) in [6.45, 7) is 7.28. The number of benzene rings is 1. The number of hydrogen-bond acceptors (Lipinski definition) is 4. The van der Waals surface area contributed by atoms with Crippen LogP contribution >= 0.6 is 0 Å². The van der Waals surface area contributed by atoms with Crippen molar-refractivity contribution in [3.05, 3.63) is 23.8 Å². The lowest BCUT2D eigenvalue weighted by Gasteiger charge is -2.13. The molecule has 1 rings (SSSR count). The van der Waals surface area contributed by atoms with Crippen molar-refractivity contribution in [2.45, 2.75) is 39.9 Å². The monoisotopic (exact) mass is 238 g/mol. The first kappa shape index (κ1) is 13.4. The van der Waals surface area contributed by atoms with Gasteiger partial charge in [-0.15, -0.1) is 0 Å². The molecule has 0 spiro atoms. The molecule has 17 heavy (non-hydrogen) atoms. The van der Waals surface area contributed by atoms with Gasteiger partial charge in [-0.1, -0.05) is 0 Å². The van der Waals surface area contributed by atoms with Crippen LogP contribution in [0.3, 0.4) is 0 Å². The summed E-state index contributed by atoms with van der Waals surface area (Å²) in [5, 5.41) is 9.60. The van der Waals surface area contributed by atoms with E-state index in [4.69, 9.17) is 9.47 Å². The van der Waals surface area contributed by atoms with E-state index in [1.54, 1.807) is 19.9 Å². The molecule has 0 aliphatic carbocycles. The molecule has 0 heterocycles. The van der Waals surface area contributed by atoms with Gasteiger partial charge < -0.3 is 14.6 Å². The lowest BCUT2D eigenvalue weighted by Crippen LogP contribution is -2.12. The van der Waals surface area contributed by atoms with Crippen molar-refractivity contribution in [1.29, 1.82) is 0 Å². The van der Waals surface area contributed by atoms with Crippen molar-refractivity contribution in [1.82, 2.24) is 0 Å². The number of hydrogen-bond donors (Lipinski definition) is 1. The summed E-state index contributed by atoms with van der Waals surface area (Å²) in [5.74, 6) is -0.119. The fourth-order valence-electron chi connectivity index (χ4n) is 1.30. The molecule has 0 bridgehead atoms. The molecule has 1 N–H and O–H groups in total. The second-order valence-corrected chi connectivity index (χ2v) is 4.30. The minimum absolute atomic E-state index is 0.00788. The van der Waals surface area contributed by atoms with E-state index in [1.807, 2.05) is 13.8 Å². The molecule has 1 aromatic carbocycles. The van der Waals surface area contributed by atoms with E-state index in [-0.39, 0.29) is 23.5 Å². The number of phenols is 1. The van der Waals surface area contributed by atoms with Gasteiger partial charge in [0, 0.05) is 0 Å². The third-order valence-corrected chi connectivity index (χ3v) is 1.90. The minimum atomic E-state index is -0.549. The number of esters is 1. The molecule has 1 aromatic rings. The Morgan fingerprint density at radius 3 is 2.35 bits per heavy atom. The molecule has 0 radical (unpaired) electrons. The molecule has 4 heteroatoms. The predicted molar refractivity (Wildman–Crippen MR) is 64.4 cm³/mol. The summed E-state index contributed by atoms with van der Waals surface area (Å²) in [6.07, 6.45) is -0.218. The quantitative estimate of drug-likeness (QED) is 0.819. The average Bonchev–Trinajstić information content (AvgIpc) is 2.19. The van der Waals surface area contributed by atoms with Crippen LogP contribution in [0, 0.1) is 0 Å². The average molecular weight is 238 g/mol. The topological polar surface area (TPSA) is 55.8 Å². The fraction of sp³-hybridized carbons (Fsp3) is 0.462. The lowest BCUT2D eigenvalue weighted by molar-refractivity contribution is 0.0374. The van der Waals surface area contributed by atoms with Crippen LogP contribution in [0.2, 0.25) is 0 Å². The Labute approximate surface area is 101 Å². The highest BCUT2D eigenvalue weighted by Crippen LogP contribution is 2.24. The van der Waals surface area contributed by atoms with Crippen molar-refractivity contribution in [3.63, 3.8) is 0 Å². The van der Waals surface area contributed by atoms with E-state index in [9.17, 15) is 9.90 Å². The summed E-state index contributed by atoms with van der Waals surface area (Å²) < 4.78 is 10.5. The van der Waals surface area contributed by atoms with Crippen molar-refractivity contribution >= 4 is 5.97 Å². The van der Waals surface area contributed by atoms with E-state index in [2.05, 4.69) is 0 Å². The highest BCUT2D eigenvalue weighted by Gasteiger charge is 2.15. The maximum absolute atomic E-state index is 11.7. The molecule has 0 aliphatic heterocycles. The highest BCUT2D eigenvalue weighted by atomic mass is 16.5. The summed E-state index contributed by atoms with van der Waals surface area (Å²) >= 11 is 0. The molecular weight excluding hydrogens is 220 g/mol. The van der Waals surface area contributed by atoms with Crippen molar-refractivity contribution in [3.8, 4) is 11.5 Å². The first-order chi connectivity index (χ1) is 7.90. The standard InChI is InChI=1S/C13H18O4/c1-8(2)16-10-5-6-12(14)11(7-10)13(15)17-9(3)4/h5-9,14H,1-4H3. The normalized spacial score (nSPS) is 10.7. The first-order valence-corrected chi connectivity index (χ1v) is 5.60. The number of carbonyl (C=O) groups excluding carboxylic acids is 1. The van der Waals surface area contributed by atoms with Gasteiger partial charge in [0.1, 0.15) is 17.1 Å². The van der Waals surface area contributed by atoms with Gasteiger partial charge in [-0.2, -0.15) is 0 Å². The fourth-order valence-corrected chi connectivity index (χ4v) is 1.30. The van der Waals surface area contributed by atoms with E-state index in [0.717, 1.165) is 0 Å². The number of ether oxygens (including phenoxy) is 2. The summed E-state index contributed by atoms with van der Waals surface area (Å²) in [5.41, 5.74) is 0.122. The maximum Gasteiger partial charge on any atom is 0.342 e. The van der Waals surface area contributed by atoms with Crippen molar-refractivity contribution in [2.75, 3.05) is 0 Å². The van der Waals surface area contributed by atoms with Crippen LogP contribution in [0.4, 0.5) is 0 Å². The van der Waals surface area contributed by atoms with Gasteiger partial charge >= 0.3 is 5.97 Å². The zero-order valence-electron chi connectivity index (χ0n) is 10.6. The number of phenolic OH excluding ortho intramolecular Hbond substituents is 1. The third kappa shape index (κ3) is 3.98. The second kappa shape index (κ2) is 5.57. The van der Waals surface area contributed by atoms with Crippen LogP contribution in [-0.4, -0.2) is 23.3 Å². The van der Waals surface area contributed by atoms with Gasteiger partial charge in [0.25, 0.3) is 0 Å². The van der Waals surface area contributed by atoms with Gasteiger partial charge in [0.05, 0.1) is 12.2 Å². The molecule has 0 aliphatic rings. The predicted octanol–water partition coefficient (Wildman–Crippen LogP) is 2.74. The Morgan fingerprint density at radius 1 is 1.18 bits per heavy atom. The largest absolute Gasteiger partial charge is 0.507 e. The second-order valence-electron chi connectivity index (χ2n) is 4.30. The number of aromatic hydroxyl groups is 1. The molecule has 0 aromatic heterocycles. The van der Waals surface area contributed by atoms with E-state index in [0.29, 0.717) is 5.75 Å². The Hall–Kier alpha value is -1.71. The van der Waals surface area contributed by atoms with Gasteiger partial charge in [-0.05, 0) is 45.9 Å². The smallest absolute Gasteiger partial charge is 0.342 e. The molecular formula is C13H18O4. The van der Waals surface area contributed by atoms with Gasteiger partial charge in [0.15, 0.2) is 0 Å². The SMILES string of the molecule is CC(C)OC(=O)c1cc(OC(C)C)ccc1O. The zero-order chi connectivity index (χ0) is 13.0. The lowest BCUT2D eigenvalue weighted by atomic mass is 10.2. The van der Waals surface area contributed by atoms with E-state index in [1.165, 1.54) is 12.1 Å². The number of carbonyl (C=O) groups is 1. The number of rotatable bonds is 4. The van der Waals surface area contributed by atoms with Crippen LogP contribution in [-0.2, 0) is 4.74 Å². The molecule has 0 amide bonds. The van der Waals surface area contributed by atoms with Crippen molar-refractivity contribution < 1.29 is 19.4 Å². The van der Waals surface area contributed by atoms with E-state index >= 15 is 0 Å². The Morgan fingerprint density at radius 2 is 1.82 bits per heavy atom. The molecule has 0 saturated heterocycles. The Kier molecular flexibility index (Phi) is 4.37. The first-order valence-electron chi connectivity index (χ1n) is 5.60. The zero-order valence-corrected chi connectivity index (χ0v) is 10.6. The van der Waals surface area contributed by atoms with Crippen LogP contribution in [0.1, 0.15) is 38.1 Å². The summed E-state index contributed by atoms with van der Waals surface area (Å²) in [6, 6.07) is 4.52. The minimum Gasteiger partial charge on any atom is -0.507 e. The van der Waals surface area contributed by atoms with Crippen molar-refractivity contribution in [2.24, 2.45) is 0 Å². The van der Waals surface area contributed by atoms with Crippen LogP contribution in [0.15, 0.2) is 18.2 Å². The molecule has 94 valence electrons. The third-order valence-electron chi connectivity index (χ3n) is 1.90. The van der Waals surface area contributed by atoms with Gasteiger partial charge in [-0.3, -0.25) is 0 Å². The Balaban J connectivity index is 2.93. The molecule has 0 atom stereocenters. The van der Waals surface area contributed by atoms with Crippen LogP contribution in [0.25, 0.3) is 0 Å². The highest BCUT2D eigenvalue weighted by molar-refractivity contribution is 5.92. The van der Waals surface area contributed by atoms with Gasteiger partial charge in [-0.25, -0.2) is 4.79 Å².